The quantitative estimate of drug-likeness (QED) is 0.497. The highest BCUT2D eigenvalue weighted by atomic mass is 16.5. The summed E-state index contributed by atoms with van der Waals surface area (Å²) in [5.74, 6) is 0.845. The number of rotatable bonds is 5. The van der Waals surface area contributed by atoms with E-state index in [9.17, 15) is 9.90 Å². The number of anilines is 1. The molecule has 4 rings (SSSR count). The van der Waals surface area contributed by atoms with Gasteiger partial charge in [-0.15, -0.1) is 0 Å². The predicted molar refractivity (Wildman–Crippen MR) is 106 cm³/mol. The van der Waals surface area contributed by atoms with E-state index in [4.69, 9.17) is 13.9 Å². The molecule has 0 aliphatic heterocycles. The number of benzene rings is 2. The van der Waals surface area contributed by atoms with Crippen LogP contribution in [0.5, 0.6) is 17.2 Å². The zero-order valence-electron chi connectivity index (χ0n) is 15.7. The number of phenols is 1. The molecule has 146 valence electrons. The molecule has 0 aliphatic rings. The van der Waals surface area contributed by atoms with Gasteiger partial charge < -0.3 is 24.3 Å². The number of carbonyl (C=O) groups is 1. The Kier molecular flexibility index (Phi) is 4.74. The van der Waals surface area contributed by atoms with Gasteiger partial charge in [0.2, 0.25) is 5.89 Å². The monoisotopic (exact) mass is 391 g/mol. The summed E-state index contributed by atoms with van der Waals surface area (Å²) in [6.45, 7) is 0. The van der Waals surface area contributed by atoms with Crippen molar-refractivity contribution in [2.24, 2.45) is 0 Å². The summed E-state index contributed by atoms with van der Waals surface area (Å²) in [7, 11) is 3.02. The van der Waals surface area contributed by atoms with Crippen LogP contribution in [0.15, 0.2) is 59.3 Å². The molecule has 29 heavy (non-hydrogen) atoms. The first-order chi connectivity index (χ1) is 14.1. The molecule has 0 saturated carbocycles. The second-order valence-electron chi connectivity index (χ2n) is 6.15. The lowest BCUT2D eigenvalue weighted by molar-refractivity contribution is 0.102. The van der Waals surface area contributed by atoms with Gasteiger partial charge in [-0.05, 0) is 30.3 Å². The number of aromatic nitrogens is 2. The number of hydrogen-bond acceptors (Lipinski definition) is 7. The van der Waals surface area contributed by atoms with E-state index in [0.29, 0.717) is 39.4 Å². The molecule has 8 nitrogen and oxygen atoms in total. The van der Waals surface area contributed by atoms with E-state index in [1.54, 1.807) is 48.8 Å². The van der Waals surface area contributed by atoms with Crippen LogP contribution in [0, 0.1) is 0 Å². The van der Waals surface area contributed by atoms with E-state index in [0.717, 1.165) is 0 Å². The number of carbonyl (C=O) groups excluding carboxylic acids is 1. The maximum atomic E-state index is 12.7. The fraction of sp³-hybridized carbons (Fsp3) is 0.0952. The van der Waals surface area contributed by atoms with Crippen molar-refractivity contribution in [3.05, 3.63) is 60.4 Å². The van der Waals surface area contributed by atoms with Crippen LogP contribution in [-0.4, -0.2) is 35.2 Å². The molecule has 0 bridgehead atoms. The number of fused-ring (bicyclic) bond motifs is 1. The second kappa shape index (κ2) is 7.51. The normalized spacial score (nSPS) is 10.7. The summed E-state index contributed by atoms with van der Waals surface area (Å²) in [5, 5.41) is 13.0. The number of nitrogens with zero attached hydrogens (tertiary/aromatic N) is 2. The van der Waals surface area contributed by atoms with Gasteiger partial charge in [0.05, 0.1) is 26.0 Å². The second-order valence-corrected chi connectivity index (χ2v) is 6.15. The van der Waals surface area contributed by atoms with Gasteiger partial charge in [0.25, 0.3) is 5.91 Å². The molecular weight excluding hydrogens is 374 g/mol. The lowest BCUT2D eigenvalue weighted by Crippen LogP contribution is -2.12. The van der Waals surface area contributed by atoms with Crippen LogP contribution < -0.4 is 14.8 Å². The van der Waals surface area contributed by atoms with Crippen molar-refractivity contribution in [1.82, 2.24) is 9.97 Å². The number of oxazole rings is 1. The lowest BCUT2D eigenvalue weighted by Gasteiger charge is -2.10. The Morgan fingerprint density at radius 1 is 1.07 bits per heavy atom. The van der Waals surface area contributed by atoms with E-state index < -0.39 is 0 Å². The Morgan fingerprint density at radius 3 is 2.52 bits per heavy atom. The zero-order valence-corrected chi connectivity index (χ0v) is 15.7. The summed E-state index contributed by atoms with van der Waals surface area (Å²) in [5.41, 5.74) is 2.29. The van der Waals surface area contributed by atoms with Crippen molar-refractivity contribution in [2.45, 2.75) is 0 Å². The molecule has 0 spiro atoms. The van der Waals surface area contributed by atoms with Gasteiger partial charge in [-0.2, -0.15) is 0 Å². The van der Waals surface area contributed by atoms with E-state index in [2.05, 4.69) is 15.3 Å². The van der Waals surface area contributed by atoms with Gasteiger partial charge in [-0.25, -0.2) is 4.98 Å². The number of pyridine rings is 1. The summed E-state index contributed by atoms with van der Waals surface area (Å²) in [6, 6.07) is 11.2. The largest absolute Gasteiger partial charge is 0.507 e. The molecule has 2 heterocycles. The molecule has 2 aromatic heterocycles. The van der Waals surface area contributed by atoms with Gasteiger partial charge in [0, 0.05) is 29.6 Å². The molecule has 2 N–H and O–H groups in total. The van der Waals surface area contributed by atoms with Crippen LogP contribution in [0.4, 0.5) is 5.69 Å². The fourth-order valence-corrected chi connectivity index (χ4v) is 2.82. The minimum absolute atomic E-state index is 0.0226. The average molecular weight is 391 g/mol. The molecule has 0 atom stereocenters. The lowest BCUT2D eigenvalue weighted by atomic mass is 10.1. The smallest absolute Gasteiger partial charge is 0.255 e. The van der Waals surface area contributed by atoms with E-state index in [-0.39, 0.29) is 17.5 Å². The molecular formula is C21H17N3O5. The molecule has 0 fully saturated rings. The Bertz CT molecular complexity index is 1150. The molecule has 1 amide bonds. The van der Waals surface area contributed by atoms with Crippen molar-refractivity contribution < 1.29 is 23.8 Å². The van der Waals surface area contributed by atoms with Gasteiger partial charge in [0.1, 0.15) is 22.8 Å². The first kappa shape index (κ1) is 18.3. The van der Waals surface area contributed by atoms with Crippen LogP contribution in [0.25, 0.3) is 22.6 Å². The number of aromatic hydroxyl groups is 1. The van der Waals surface area contributed by atoms with Gasteiger partial charge in [-0.1, -0.05) is 0 Å². The Labute approximate surface area is 165 Å². The van der Waals surface area contributed by atoms with E-state index in [1.807, 2.05) is 0 Å². The first-order valence-electron chi connectivity index (χ1n) is 8.66. The van der Waals surface area contributed by atoms with Crippen molar-refractivity contribution >= 4 is 22.7 Å². The molecule has 2 aromatic carbocycles. The molecule has 8 heteroatoms. The highest BCUT2D eigenvalue weighted by Crippen LogP contribution is 2.33. The highest BCUT2D eigenvalue weighted by molar-refractivity contribution is 6.05. The Balaban J connectivity index is 1.65. The average Bonchev–Trinajstić information content (AvgIpc) is 3.18. The van der Waals surface area contributed by atoms with Crippen molar-refractivity contribution in [2.75, 3.05) is 19.5 Å². The highest BCUT2D eigenvalue weighted by Gasteiger charge is 2.15. The number of amides is 1. The number of hydrogen-bond donors (Lipinski definition) is 2. The first-order valence-corrected chi connectivity index (χ1v) is 8.66. The summed E-state index contributed by atoms with van der Waals surface area (Å²) < 4.78 is 16.1. The molecule has 0 radical (unpaired) electrons. The Hall–Kier alpha value is -4.07. The van der Waals surface area contributed by atoms with Crippen LogP contribution in [-0.2, 0) is 0 Å². The van der Waals surface area contributed by atoms with Crippen molar-refractivity contribution in [3.8, 4) is 28.7 Å². The topological polar surface area (TPSA) is 107 Å². The minimum atomic E-state index is -0.361. The maximum absolute atomic E-state index is 12.7. The minimum Gasteiger partial charge on any atom is -0.507 e. The zero-order chi connectivity index (χ0) is 20.4. The van der Waals surface area contributed by atoms with Crippen LogP contribution in [0.3, 0.4) is 0 Å². The van der Waals surface area contributed by atoms with Crippen molar-refractivity contribution in [3.63, 3.8) is 0 Å². The number of methoxy groups -OCH3 is 2. The molecule has 0 unspecified atom stereocenters. The molecule has 4 aromatic rings. The number of nitrogens with one attached hydrogen (secondary N) is 1. The number of ether oxygens (including phenoxy) is 2. The molecule has 0 aliphatic carbocycles. The summed E-state index contributed by atoms with van der Waals surface area (Å²) in [6.07, 6.45) is 3.16. The third kappa shape index (κ3) is 3.68. The fourth-order valence-electron chi connectivity index (χ4n) is 2.82. The third-order valence-electron chi connectivity index (χ3n) is 4.29. The standard InChI is InChI=1S/C21H17N3O5/c1-27-14-7-12(8-15(10-14)28-2)20(26)23-13-3-4-18(25)16(9-13)21-24-17-11-22-6-5-19(17)29-21/h3-11,25H,1-2H3,(H,23,26). The van der Waals surface area contributed by atoms with E-state index >= 15 is 0 Å². The Morgan fingerprint density at radius 2 is 1.83 bits per heavy atom. The van der Waals surface area contributed by atoms with Gasteiger partial charge >= 0.3 is 0 Å². The summed E-state index contributed by atoms with van der Waals surface area (Å²) >= 11 is 0. The van der Waals surface area contributed by atoms with Crippen molar-refractivity contribution in [1.29, 1.82) is 0 Å². The van der Waals surface area contributed by atoms with Crippen LogP contribution in [0.1, 0.15) is 10.4 Å². The van der Waals surface area contributed by atoms with E-state index in [1.165, 1.54) is 20.3 Å². The van der Waals surface area contributed by atoms with Crippen LogP contribution in [0.2, 0.25) is 0 Å². The maximum Gasteiger partial charge on any atom is 0.255 e. The molecule has 0 saturated heterocycles. The third-order valence-corrected chi connectivity index (χ3v) is 4.29. The van der Waals surface area contributed by atoms with Crippen LogP contribution >= 0.6 is 0 Å². The number of phenolic OH excluding ortho intramolecular Hbond substituents is 1. The summed E-state index contributed by atoms with van der Waals surface area (Å²) in [4.78, 5) is 21.0. The van der Waals surface area contributed by atoms with Gasteiger partial charge in [0.15, 0.2) is 5.58 Å². The predicted octanol–water partition coefficient (Wildman–Crippen LogP) is 3.86. The SMILES string of the molecule is COc1cc(OC)cc(C(=O)Nc2ccc(O)c(-c3nc4cnccc4o3)c2)c1. The van der Waals surface area contributed by atoms with Gasteiger partial charge in [-0.3, -0.25) is 9.78 Å².